The standard InChI is InChI=1S/C15H22BrNO2/c1-5-19-14(18)9-17-10-15(3,4)13-8-12(16)7-6-11(13)2/h6-8,17H,5,9-10H2,1-4H3. The summed E-state index contributed by atoms with van der Waals surface area (Å²) in [5.41, 5.74) is 2.49. The fourth-order valence-electron chi connectivity index (χ4n) is 2.11. The molecule has 0 aliphatic rings. The Labute approximate surface area is 123 Å². The summed E-state index contributed by atoms with van der Waals surface area (Å²) in [7, 11) is 0. The van der Waals surface area contributed by atoms with Crippen LogP contribution in [0, 0.1) is 6.92 Å². The Kier molecular flexibility index (Phi) is 6.01. The number of hydrogen-bond donors (Lipinski definition) is 1. The van der Waals surface area contributed by atoms with Gasteiger partial charge in [-0.25, -0.2) is 0 Å². The lowest BCUT2D eigenvalue weighted by Crippen LogP contribution is -2.36. The van der Waals surface area contributed by atoms with Crippen molar-refractivity contribution in [1.82, 2.24) is 5.32 Å². The minimum absolute atomic E-state index is 0.0413. The number of hydrogen-bond acceptors (Lipinski definition) is 3. The number of benzene rings is 1. The molecule has 0 amide bonds. The normalized spacial score (nSPS) is 11.4. The number of nitrogens with one attached hydrogen (secondary N) is 1. The van der Waals surface area contributed by atoms with Crippen molar-refractivity contribution in [3.05, 3.63) is 33.8 Å². The Morgan fingerprint density at radius 2 is 2.11 bits per heavy atom. The molecule has 0 unspecified atom stereocenters. The van der Waals surface area contributed by atoms with Gasteiger partial charge in [-0.05, 0) is 37.1 Å². The maximum atomic E-state index is 11.3. The highest BCUT2D eigenvalue weighted by atomic mass is 79.9. The number of carbonyl (C=O) groups is 1. The second-order valence-electron chi connectivity index (χ2n) is 5.25. The van der Waals surface area contributed by atoms with E-state index in [1.54, 1.807) is 0 Å². The first-order chi connectivity index (χ1) is 8.86. The van der Waals surface area contributed by atoms with E-state index in [9.17, 15) is 4.79 Å². The first-order valence-corrected chi connectivity index (χ1v) is 7.29. The lowest BCUT2D eigenvalue weighted by Gasteiger charge is -2.27. The van der Waals surface area contributed by atoms with Crippen LogP contribution in [0.25, 0.3) is 0 Å². The molecule has 0 spiro atoms. The van der Waals surface area contributed by atoms with Crippen LogP contribution in [0.15, 0.2) is 22.7 Å². The number of rotatable bonds is 6. The van der Waals surface area contributed by atoms with Crippen LogP contribution in [-0.4, -0.2) is 25.7 Å². The summed E-state index contributed by atoms with van der Waals surface area (Å²) >= 11 is 3.51. The Hall–Kier alpha value is -0.870. The van der Waals surface area contributed by atoms with E-state index >= 15 is 0 Å². The smallest absolute Gasteiger partial charge is 0.319 e. The molecule has 4 heteroatoms. The number of esters is 1. The van der Waals surface area contributed by atoms with E-state index in [4.69, 9.17) is 4.74 Å². The average molecular weight is 328 g/mol. The van der Waals surface area contributed by atoms with Crippen LogP contribution >= 0.6 is 15.9 Å². The minimum atomic E-state index is -0.204. The second-order valence-corrected chi connectivity index (χ2v) is 6.17. The molecule has 19 heavy (non-hydrogen) atoms. The van der Waals surface area contributed by atoms with E-state index in [1.165, 1.54) is 11.1 Å². The fraction of sp³-hybridized carbons (Fsp3) is 0.533. The van der Waals surface area contributed by atoms with Crippen molar-refractivity contribution in [2.75, 3.05) is 19.7 Å². The molecule has 3 nitrogen and oxygen atoms in total. The molecule has 1 aromatic carbocycles. The van der Waals surface area contributed by atoms with E-state index in [1.807, 2.05) is 13.0 Å². The van der Waals surface area contributed by atoms with E-state index in [-0.39, 0.29) is 17.9 Å². The van der Waals surface area contributed by atoms with Gasteiger partial charge in [-0.1, -0.05) is 35.8 Å². The van der Waals surface area contributed by atoms with Crippen LogP contribution in [0.5, 0.6) is 0 Å². The van der Waals surface area contributed by atoms with Crippen molar-refractivity contribution in [1.29, 1.82) is 0 Å². The third-order valence-corrected chi connectivity index (χ3v) is 3.56. The Bertz CT molecular complexity index is 444. The molecule has 0 aliphatic heterocycles. The maximum Gasteiger partial charge on any atom is 0.319 e. The van der Waals surface area contributed by atoms with Gasteiger partial charge in [0.1, 0.15) is 0 Å². The summed E-state index contributed by atoms with van der Waals surface area (Å²) < 4.78 is 5.97. The number of ether oxygens (including phenoxy) is 1. The quantitative estimate of drug-likeness (QED) is 0.815. The first kappa shape index (κ1) is 16.2. The molecule has 106 valence electrons. The van der Waals surface area contributed by atoms with Gasteiger partial charge in [-0.2, -0.15) is 0 Å². The lowest BCUT2D eigenvalue weighted by atomic mass is 9.82. The molecule has 0 aromatic heterocycles. The summed E-state index contributed by atoms with van der Waals surface area (Å²) in [5, 5.41) is 3.17. The number of carbonyl (C=O) groups excluding carboxylic acids is 1. The third-order valence-electron chi connectivity index (χ3n) is 3.07. The zero-order valence-electron chi connectivity index (χ0n) is 12.0. The van der Waals surface area contributed by atoms with Gasteiger partial charge in [-0.3, -0.25) is 4.79 Å². The molecule has 0 fully saturated rings. The molecule has 1 aromatic rings. The zero-order valence-corrected chi connectivity index (χ0v) is 13.6. The SMILES string of the molecule is CCOC(=O)CNCC(C)(C)c1cc(Br)ccc1C. The van der Waals surface area contributed by atoms with E-state index in [2.05, 4.69) is 54.2 Å². The van der Waals surface area contributed by atoms with Crippen molar-refractivity contribution in [2.24, 2.45) is 0 Å². The fourth-order valence-corrected chi connectivity index (χ4v) is 2.47. The Morgan fingerprint density at radius 3 is 2.74 bits per heavy atom. The molecule has 0 aliphatic carbocycles. The highest BCUT2D eigenvalue weighted by Gasteiger charge is 2.22. The minimum Gasteiger partial charge on any atom is -0.465 e. The zero-order chi connectivity index (χ0) is 14.5. The number of aryl methyl sites for hydroxylation is 1. The summed E-state index contributed by atoms with van der Waals surface area (Å²) in [4.78, 5) is 11.3. The third kappa shape index (κ3) is 4.96. The molecule has 1 N–H and O–H groups in total. The topological polar surface area (TPSA) is 38.3 Å². The molecule has 0 bridgehead atoms. The van der Waals surface area contributed by atoms with Crippen molar-refractivity contribution >= 4 is 21.9 Å². The van der Waals surface area contributed by atoms with Crippen molar-refractivity contribution in [3.63, 3.8) is 0 Å². The van der Waals surface area contributed by atoms with Crippen molar-refractivity contribution in [2.45, 2.75) is 33.1 Å². The average Bonchev–Trinajstić information content (AvgIpc) is 2.32. The summed E-state index contributed by atoms with van der Waals surface area (Å²) in [6.45, 7) is 9.66. The Balaban J connectivity index is 2.65. The van der Waals surface area contributed by atoms with E-state index < -0.39 is 0 Å². The first-order valence-electron chi connectivity index (χ1n) is 6.50. The van der Waals surface area contributed by atoms with Crippen LogP contribution in [0.4, 0.5) is 0 Å². The van der Waals surface area contributed by atoms with Crippen molar-refractivity contribution in [3.8, 4) is 0 Å². The molecule has 0 radical (unpaired) electrons. The molecule has 0 heterocycles. The molecule has 0 atom stereocenters. The van der Waals surface area contributed by atoms with Gasteiger partial charge in [-0.15, -0.1) is 0 Å². The predicted octanol–water partition coefficient (Wildman–Crippen LogP) is 3.19. The van der Waals surface area contributed by atoms with Gasteiger partial charge in [0.25, 0.3) is 0 Å². The Morgan fingerprint density at radius 1 is 1.42 bits per heavy atom. The van der Waals surface area contributed by atoms with Gasteiger partial charge in [0.05, 0.1) is 13.2 Å². The molecular formula is C15H22BrNO2. The van der Waals surface area contributed by atoms with Crippen LogP contribution < -0.4 is 5.32 Å². The molecule has 0 saturated carbocycles. The van der Waals surface area contributed by atoms with Gasteiger partial charge >= 0.3 is 5.97 Å². The summed E-state index contributed by atoms with van der Waals surface area (Å²) in [6, 6.07) is 6.29. The van der Waals surface area contributed by atoms with Crippen LogP contribution in [0.1, 0.15) is 31.9 Å². The van der Waals surface area contributed by atoms with Crippen molar-refractivity contribution < 1.29 is 9.53 Å². The van der Waals surface area contributed by atoms with Gasteiger partial charge in [0.15, 0.2) is 0 Å². The molecule has 1 rings (SSSR count). The molecule has 0 saturated heterocycles. The highest BCUT2D eigenvalue weighted by Crippen LogP contribution is 2.28. The lowest BCUT2D eigenvalue weighted by molar-refractivity contribution is -0.142. The van der Waals surface area contributed by atoms with Crippen LogP contribution in [0.2, 0.25) is 0 Å². The van der Waals surface area contributed by atoms with E-state index in [0.29, 0.717) is 6.61 Å². The van der Waals surface area contributed by atoms with Gasteiger partial charge in [0.2, 0.25) is 0 Å². The van der Waals surface area contributed by atoms with Gasteiger partial charge < -0.3 is 10.1 Å². The number of halogens is 1. The predicted molar refractivity (Wildman–Crippen MR) is 81.4 cm³/mol. The summed E-state index contributed by atoms with van der Waals surface area (Å²) in [5.74, 6) is -0.204. The summed E-state index contributed by atoms with van der Waals surface area (Å²) in [6.07, 6.45) is 0. The van der Waals surface area contributed by atoms with Gasteiger partial charge in [0, 0.05) is 16.4 Å². The van der Waals surface area contributed by atoms with E-state index in [0.717, 1.165) is 11.0 Å². The molecular weight excluding hydrogens is 306 g/mol. The largest absolute Gasteiger partial charge is 0.465 e. The maximum absolute atomic E-state index is 11.3. The van der Waals surface area contributed by atoms with Crippen LogP contribution in [0.3, 0.4) is 0 Å². The highest BCUT2D eigenvalue weighted by molar-refractivity contribution is 9.10. The monoisotopic (exact) mass is 327 g/mol. The second kappa shape index (κ2) is 7.06. The van der Waals surface area contributed by atoms with Crippen LogP contribution in [-0.2, 0) is 14.9 Å².